The number of nitrogens with zero attached hydrogens (tertiary/aromatic N) is 1. The van der Waals surface area contributed by atoms with Gasteiger partial charge in [0.2, 0.25) is 5.91 Å². The van der Waals surface area contributed by atoms with Gasteiger partial charge in [-0.25, -0.2) is 0 Å². The van der Waals surface area contributed by atoms with E-state index in [9.17, 15) is 19.0 Å². The number of likely N-dealkylation sites (N-methyl/N-ethyl adjacent to an activating group) is 1. The summed E-state index contributed by atoms with van der Waals surface area (Å²) >= 11 is 0. The minimum Gasteiger partial charge on any atom is -0.756 e. The Morgan fingerprint density at radius 3 is 1.27 bits per heavy atom. The van der Waals surface area contributed by atoms with Crippen LogP contribution in [-0.4, -0.2) is 69.4 Å². The van der Waals surface area contributed by atoms with Crippen LogP contribution in [0, 0.1) is 0 Å². The van der Waals surface area contributed by atoms with Gasteiger partial charge in [0.05, 0.1) is 33.8 Å². The molecule has 3 atom stereocenters. The predicted octanol–water partition coefficient (Wildman–Crippen LogP) is 18.3. The molecule has 0 radical (unpaired) electrons. The molecule has 9 nitrogen and oxygen atoms in total. The number of allylic oxidation sites excluding steroid dienone is 7. The van der Waals surface area contributed by atoms with Crippen molar-refractivity contribution in [3.05, 3.63) is 48.6 Å². The normalized spacial score (nSPS) is 14.0. The van der Waals surface area contributed by atoms with Crippen LogP contribution in [0.2, 0.25) is 0 Å². The molecule has 0 aromatic heterocycles. The number of hydrogen-bond donors (Lipinski definition) is 1. The lowest BCUT2D eigenvalue weighted by Gasteiger charge is -2.30. The van der Waals surface area contributed by atoms with Gasteiger partial charge in [-0.1, -0.05) is 256 Å². The van der Waals surface area contributed by atoms with Crippen molar-refractivity contribution in [2.24, 2.45) is 0 Å². The highest BCUT2D eigenvalue weighted by atomic mass is 31.2. The van der Waals surface area contributed by atoms with E-state index in [-0.39, 0.29) is 31.5 Å². The number of nitrogens with one attached hydrogen (secondary N) is 1. The number of phosphoric ester groups is 1. The fourth-order valence-electron chi connectivity index (χ4n) is 8.94. The maximum absolute atomic E-state index is 13.5. The molecule has 428 valence electrons. The van der Waals surface area contributed by atoms with E-state index in [0.717, 1.165) is 83.5 Å². The number of carbonyl (C=O) groups is 2. The van der Waals surface area contributed by atoms with Crippen molar-refractivity contribution in [1.82, 2.24) is 5.32 Å². The molecule has 0 aliphatic heterocycles. The molecule has 0 aliphatic rings. The van der Waals surface area contributed by atoms with E-state index in [0.29, 0.717) is 17.4 Å². The van der Waals surface area contributed by atoms with Crippen LogP contribution in [0.5, 0.6) is 0 Å². The van der Waals surface area contributed by atoms with E-state index in [1.165, 1.54) is 173 Å². The molecule has 0 aromatic rings. The highest BCUT2D eigenvalue weighted by molar-refractivity contribution is 7.45. The first kappa shape index (κ1) is 71.0. The zero-order valence-electron chi connectivity index (χ0n) is 48.8. The third kappa shape index (κ3) is 54.6. The lowest BCUT2D eigenvalue weighted by molar-refractivity contribution is -0.870. The second kappa shape index (κ2) is 53.4. The summed E-state index contributed by atoms with van der Waals surface area (Å²) in [5.41, 5.74) is 0. The van der Waals surface area contributed by atoms with Crippen molar-refractivity contribution in [1.29, 1.82) is 0 Å². The minimum atomic E-state index is -4.69. The third-order valence-corrected chi connectivity index (χ3v) is 14.7. The van der Waals surface area contributed by atoms with Gasteiger partial charge in [-0.05, 0) is 70.3 Å². The molecular weight excluding hydrogens is 928 g/mol. The van der Waals surface area contributed by atoms with E-state index in [4.69, 9.17) is 13.8 Å². The Morgan fingerprint density at radius 2 is 0.836 bits per heavy atom. The summed E-state index contributed by atoms with van der Waals surface area (Å²) < 4.78 is 30.3. The highest BCUT2D eigenvalue weighted by Crippen LogP contribution is 2.38. The number of esters is 1. The Labute approximate surface area is 452 Å². The summed E-state index contributed by atoms with van der Waals surface area (Å²) in [5.74, 6) is -0.540. The molecule has 0 bridgehead atoms. The Bertz CT molecular complexity index is 1390. The Balaban J connectivity index is 5.23. The Hall–Kier alpha value is -2.03. The number of quaternary nitrogens is 1. The van der Waals surface area contributed by atoms with Crippen molar-refractivity contribution in [2.75, 3.05) is 40.9 Å². The average molecular weight is 1050 g/mol. The molecule has 1 N–H and O–H groups in total. The summed E-state index contributed by atoms with van der Waals surface area (Å²) in [6, 6.07) is -0.888. The molecule has 0 spiro atoms. The van der Waals surface area contributed by atoms with Crippen LogP contribution in [0.4, 0.5) is 0 Å². The standard InChI is InChI=1S/C63H119N2O7P/c1-7-10-13-16-19-22-25-28-30-31-32-33-34-35-36-38-41-44-47-50-53-56-63(67)72-61(54-51-48-45-42-39-27-24-21-18-15-12-9-3)60(59-71-73(68,69)70-58-57-65(4,5)6)64-62(66)55-52-49-46-43-40-37-29-26-23-20-17-14-11-8-2/h19,22,28,30,32-33,51,54,60-61H,7-18,20-21,23-27,29,31,34-50,52-53,55-59H2,1-6H3,(H-,64,66,68,69)/b22-19-,30-28-,33-32-,54-51+. The number of carbonyl (C=O) groups excluding carboxylic acids is 2. The first-order chi connectivity index (χ1) is 35.4. The quantitative estimate of drug-likeness (QED) is 0.0212. The number of rotatable bonds is 56. The van der Waals surface area contributed by atoms with Gasteiger partial charge in [-0.2, -0.15) is 0 Å². The van der Waals surface area contributed by atoms with Crippen LogP contribution in [0.25, 0.3) is 0 Å². The van der Waals surface area contributed by atoms with E-state index in [2.05, 4.69) is 62.5 Å². The minimum absolute atomic E-state index is 0.0224. The summed E-state index contributed by atoms with van der Waals surface area (Å²) in [6.07, 6.45) is 65.0. The fourth-order valence-corrected chi connectivity index (χ4v) is 9.66. The smallest absolute Gasteiger partial charge is 0.306 e. The number of ether oxygens (including phenoxy) is 1. The molecule has 0 fully saturated rings. The lowest BCUT2D eigenvalue weighted by Crippen LogP contribution is -2.47. The van der Waals surface area contributed by atoms with E-state index in [1.54, 1.807) is 0 Å². The largest absolute Gasteiger partial charge is 0.756 e. The summed E-state index contributed by atoms with van der Waals surface area (Å²) in [7, 11) is 1.19. The first-order valence-electron chi connectivity index (χ1n) is 30.9. The SMILES string of the molecule is CCCCC/C=C\C/C=C\C/C=C\CCCCCCCCCCC(=O)OC(/C=C/CCCCCCCCCCCC)C(COP(=O)([O-])OCC[N+](C)(C)C)NC(=O)CCCCCCCCCCCCCCCC. The summed E-state index contributed by atoms with van der Waals surface area (Å²) in [4.78, 5) is 39.9. The molecule has 0 aromatic carbocycles. The fraction of sp³-hybridized carbons (Fsp3) is 0.841. The molecule has 0 saturated heterocycles. The van der Waals surface area contributed by atoms with Gasteiger partial charge in [0, 0.05) is 12.8 Å². The van der Waals surface area contributed by atoms with Gasteiger partial charge >= 0.3 is 5.97 Å². The number of hydrogen-bond acceptors (Lipinski definition) is 7. The lowest BCUT2D eigenvalue weighted by atomic mass is 10.0. The molecule has 0 rings (SSSR count). The van der Waals surface area contributed by atoms with Crippen LogP contribution >= 0.6 is 7.82 Å². The Kier molecular flexibility index (Phi) is 51.9. The zero-order chi connectivity index (χ0) is 53.6. The zero-order valence-corrected chi connectivity index (χ0v) is 49.7. The molecule has 0 heterocycles. The predicted molar refractivity (Wildman–Crippen MR) is 312 cm³/mol. The van der Waals surface area contributed by atoms with Gasteiger partial charge in [-0.3, -0.25) is 14.2 Å². The van der Waals surface area contributed by atoms with Gasteiger partial charge in [0.1, 0.15) is 19.3 Å². The van der Waals surface area contributed by atoms with E-state index < -0.39 is 20.0 Å². The molecule has 3 unspecified atom stereocenters. The second-order valence-electron chi connectivity index (χ2n) is 22.2. The van der Waals surface area contributed by atoms with Crippen LogP contribution in [0.15, 0.2) is 48.6 Å². The Morgan fingerprint density at radius 1 is 0.479 bits per heavy atom. The van der Waals surface area contributed by atoms with Gasteiger partial charge in [0.15, 0.2) is 0 Å². The van der Waals surface area contributed by atoms with Crippen molar-refractivity contribution < 1.29 is 37.3 Å². The van der Waals surface area contributed by atoms with Crippen molar-refractivity contribution in [2.45, 2.75) is 303 Å². The van der Waals surface area contributed by atoms with Crippen molar-refractivity contribution >= 4 is 19.7 Å². The maximum atomic E-state index is 13.5. The van der Waals surface area contributed by atoms with Crippen LogP contribution in [0.1, 0.15) is 290 Å². The van der Waals surface area contributed by atoms with E-state index in [1.807, 2.05) is 33.3 Å². The third-order valence-electron chi connectivity index (χ3n) is 13.8. The average Bonchev–Trinajstić information content (AvgIpc) is 3.35. The van der Waals surface area contributed by atoms with Crippen LogP contribution in [-0.2, 0) is 27.9 Å². The van der Waals surface area contributed by atoms with Gasteiger partial charge in [0.25, 0.3) is 7.82 Å². The number of phosphoric acid groups is 1. The number of unbranched alkanes of at least 4 members (excludes halogenated alkanes) is 34. The first-order valence-corrected chi connectivity index (χ1v) is 32.4. The van der Waals surface area contributed by atoms with Gasteiger partial charge < -0.3 is 28.5 Å². The highest BCUT2D eigenvalue weighted by Gasteiger charge is 2.27. The van der Waals surface area contributed by atoms with Crippen LogP contribution in [0.3, 0.4) is 0 Å². The molecule has 10 heteroatoms. The van der Waals surface area contributed by atoms with Crippen molar-refractivity contribution in [3.63, 3.8) is 0 Å². The molecule has 1 amide bonds. The monoisotopic (exact) mass is 1050 g/mol. The summed E-state index contributed by atoms with van der Waals surface area (Å²) in [6.45, 7) is 6.83. The summed E-state index contributed by atoms with van der Waals surface area (Å²) in [5, 5.41) is 3.03. The molecule has 0 aliphatic carbocycles. The van der Waals surface area contributed by atoms with Gasteiger partial charge in [-0.15, -0.1) is 0 Å². The molecular formula is C63H119N2O7P. The molecule has 73 heavy (non-hydrogen) atoms. The molecule has 0 saturated carbocycles. The maximum Gasteiger partial charge on any atom is 0.306 e. The second-order valence-corrected chi connectivity index (χ2v) is 23.6. The van der Waals surface area contributed by atoms with Crippen molar-refractivity contribution in [3.8, 4) is 0 Å². The van der Waals surface area contributed by atoms with Crippen LogP contribution < -0.4 is 10.2 Å². The topological polar surface area (TPSA) is 114 Å². The van der Waals surface area contributed by atoms with E-state index >= 15 is 0 Å². The number of amides is 1.